The molecule has 0 aromatic rings. The molecule has 0 aromatic heterocycles. The van der Waals surface area contributed by atoms with Gasteiger partial charge in [-0.3, -0.25) is 9.69 Å². The van der Waals surface area contributed by atoms with Crippen LogP contribution in [-0.2, 0) is 23.9 Å². The molecule has 0 radical (unpaired) electrons. The number of rotatable bonds is 4. The van der Waals surface area contributed by atoms with Crippen LogP contribution >= 0.6 is 0 Å². The second-order valence-corrected chi connectivity index (χ2v) is 4.34. The lowest BCUT2D eigenvalue weighted by molar-refractivity contribution is -0.174. The number of hydrogen-bond donors (Lipinski definition) is 0. The Morgan fingerprint density at radius 3 is 2.05 bits per heavy atom. The van der Waals surface area contributed by atoms with Crippen LogP contribution in [0, 0.1) is 0 Å². The van der Waals surface area contributed by atoms with Gasteiger partial charge in [0.1, 0.15) is 0 Å². The standard InChI is InChI=1S/C13H19NO5/c1-5-18-11(16)13(12(17)19-6-2)7-9(3)8-14(13)10(4)15/h8H,5-7H2,1-4H3. The minimum Gasteiger partial charge on any atom is -0.464 e. The van der Waals surface area contributed by atoms with Gasteiger partial charge in [0.25, 0.3) is 0 Å². The van der Waals surface area contributed by atoms with Gasteiger partial charge in [-0.15, -0.1) is 0 Å². The first kappa shape index (κ1) is 15.2. The van der Waals surface area contributed by atoms with Crippen molar-refractivity contribution in [2.45, 2.75) is 39.7 Å². The molecule has 0 saturated heterocycles. The summed E-state index contributed by atoms with van der Waals surface area (Å²) in [5.74, 6) is -1.91. The maximum Gasteiger partial charge on any atom is 0.344 e. The molecule has 106 valence electrons. The summed E-state index contributed by atoms with van der Waals surface area (Å²) in [7, 11) is 0. The van der Waals surface area contributed by atoms with Crippen molar-refractivity contribution in [3.8, 4) is 0 Å². The smallest absolute Gasteiger partial charge is 0.344 e. The van der Waals surface area contributed by atoms with E-state index in [1.165, 1.54) is 13.1 Å². The summed E-state index contributed by atoms with van der Waals surface area (Å²) in [4.78, 5) is 37.2. The zero-order valence-electron chi connectivity index (χ0n) is 11.7. The molecule has 0 saturated carbocycles. The zero-order valence-corrected chi connectivity index (χ0v) is 11.7. The lowest BCUT2D eigenvalue weighted by atomic mass is 9.93. The van der Waals surface area contributed by atoms with E-state index in [4.69, 9.17) is 9.47 Å². The third-order valence-electron chi connectivity index (χ3n) is 2.86. The molecule has 0 bridgehead atoms. The van der Waals surface area contributed by atoms with Crippen LogP contribution in [0.15, 0.2) is 11.8 Å². The molecule has 0 unspecified atom stereocenters. The first-order valence-corrected chi connectivity index (χ1v) is 6.21. The lowest BCUT2D eigenvalue weighted by Crippen LogP contribution is -2.58. The first-order chi connectivity index (χ1) is 8.90. The minimum absolute atomic E-state index is 0.101. The van der Waals surface area contributed by atoms with Gasteiger partial charge in [0.15, 0.2) is 0 Å². The molecule has 0 aromatic carbocycles. The molecule has 0 spiro atoms. The molecule has 0 aliphatic carbocycles. The van der Waals surface area contributed by atoms with E-state index < -0.39 is 23.4 Å². The van der Waals surface area contributed by atoms with Crippen LogP contribution in [0.3, 0.4) is 0 Å². The fourth-order valence-corrected chi connectivity index (χ4v) is 2.15. The molecule has 19 heavy (non-hydrogen) atoms. The molecular weight excluding hydrogens is 250 g/mol. The highest BCUT2D eigenvalue weighted by molar-refractivity contribution is 6.09. The summed E-state index contributed by atoms with van der Waals surface area (Å²) < 4.78 is 9.92. The van der Waals surface area contributed by atoms with Gasteiger partial charge in [-0.25, -0.2) is 9.59 Å². The predicted octanol–water partition coefficient (Wildman–Crippen LogP) is 1.01. The van der Waals surface area contributed by atoms with Crippen molar-refractivity contribution in [1.82, 2.24) is 4.90 Å². The van der Waals surface area contributed by atoms with Gasteiger partial charge in [-0.2, -0.15) is 0 Å². The third-order valence-corrected chi connectivity index (χ3v) is 2.86. The molecule has 1 aliphatic rings. The Hall–Kier alpha value is -1.85. The second kappa shape index (κ2) is 5.86. The monoisotopic (exact) mass is 269 g/mol. The minimum atomic E-state index is -1.71. The van der Waals surface area contributed by atoms with E-state index in [1.54, 1.807) is 20.8 Å². The van der Waals surface area contributed by atoms with E-state index in [-0.39, 0.29) is 19.6 Å². The van der Waals surface area contributed by atoms with Crippen LogP contribution in [0.4, 0.5) is 0 Å². The van der Waals surface area contributed by atoms with E-state index >= 15 is 0 Å². The molecule has 1 aliphatic heterocycles. The average molecular weight is 269 g/mol. The Bertz CT molecular complexity index is 409. The summed E-state index contributed by atoms with van der Waals surface area (Å²) in [6, 6.07) is 0. The number of carbonyl (C=O) groups is 3. The molecule has 6 heteroatoms. The number of nitrogens with zero attached hydrogens (tertiary/aromatic N) is 1. The molecular formula is C13H19NO5. The van der Waals surface area contributed by atoms with Gasteiger partial charge in [0.05, 0.1) is 13.2 Å². The third kappa shape index (κ3) is 2.62. The zero-order chi connectivity index (χ0) is 14.6. The summed E-state index contributed by atoms with van der Waals surface area (Å²) in [6.07, 6.45) is 1.60. The van der Waals surface area contributed by atoms with Gasteiger partial charge in [0.2, 0.25) is 11.4 Å². The first-order valence-electron chi connectivity index (χ1n) is 6.21. The summed E-state index contributed by atoms with van der Waals surface area (Å²) >= 11 is 0. The van der Waals surface area contributed by atoms with Gasteiger partial charge >= 0.3 is 11.9 Å². The van der Waals surface area contributed by atoms with E-state index in [9.17, 15) is 14.4 Å². The van der Waals surface area contributed by atoms with Crippen molar-refractivity contribution in [2.75, 3.05) is 13.2 Å². The molecule has 0 N–H and O–H groups in total. The van der Waals surface area contributed by atoms with Crippen LogP contribution in [-0.4, -0.2) is 41.5 Å². The predicted molar refractivity (Wildman–Crippen MR) is 66.9 cm³/mol. The van der Waals surface area contributed by atoms with Gasteiger partial charge < -0.3 is 9.47 Å². The van der Waals surface area contributed by atoms with E-state index in [1.807, 2.05) is 0 Å². The summed E-state index contributed by atoms with van der Waals surface area (Å²) in [5.41, 5.74) is -0.960. The highest BCUT2D eigenvalue weighted by Gasteiger charge is 2.57. The van der Waals surface area contributed by atoms with Gasteiger partial charge in [0, 0.05) is 19.5 Å². The van der Waals surface area contributed by atoms with Crippen molar-refractivity contribution in [2.24, 2.45) is 0 Å². The van der Waals surface area contributed by atoms with Crippen LogP contribution in [0.25, 0.3) is 0 Å². The molecule has 0 atom stereocenters. The second-order valence-electron chi connectivity index (χ2n) is 4.34. The molecule has 1 heterocycles. The maximum absolute atomic E-state index is 12.2. The number of ether oxygens (including phenoxy) is 2. The largest absolute Gasteiger partial charge is 0.464 e. The quantitative estimate of drug-likeness (QED) is 0.562. The number of esters is 2. The van der Waals surface area contributed by atoms with E-state index in [0.29, 0.717) is 0 Å². The molecule has 1 amide bonds. The summed E-state index contributed by atoms with van der Waals surface area (Å²) in [5, 5.41) is 0. The van der Waals surface area contributed by atoms with Gasteiger partial charge in [-0.1, -0.05) is 5.57 Å². The fourth-order valence-electron chi connectivity index (χ4n) is 2.15. The Morgan fingerprint density at radius 2 is 1.68 bits per heavy atom. The molecule has 6 nitrogen and oxygen atoms in total. The van der Waals surface area contributed by atoms with Crippen molar-refractivity contribution in [3.63, 3.8) is 0 Å². The Labute approximate surface area is 112 Å². The van der Waals surface area contributed by atoms with Gasteiger partial charge in [-0.05, 0) is 20.8 Å². The highest BCUT2D eigenvalue weighted by Crippen LogP contribution is 2.34. The van der Waals surface area contributed by atoms with Crippen LogP contribution in [0.5, 0.6) is 0 Å². The Balaban J connectivity index is 3.23. The summed E-state index contributed by atoms with van der Waals surface area (Å²) in [6.45, 7) is 6.59. The Kier molecular flexibility index (Phi) is 4.69. The van der Waals surface area contributed by atoms with E-state index in [0.717, 1.165) is 10.5 Å². The maximum atomic E-state index is 12.2. The lowest BCUT2D eigenvalue weighted by Gasteiger charge is -2.32. The van der Waals surface area contributed by atoms with Crippen molar-refractivity contribution in [3.05, 3.63) is 11.8 Å². The number of amides is 1. The van der Waals surface area contributed by atoms with E-state index in [2.05, 4.69) is 0 Å². The van der Waals surface area contributed by atoms with Crippen molar-refractivity contribution >= 4 is 17.8 Å². The average Bonchev–Trinajstić information content (AvgIpc) is 2.69. The highest BCUT2D eigenvalue weighted by atomic mass is 16.6. The number of hydrogen-bond acceptors (Lipinski definition) is 5. The van der Waals surface area contributed by atoms with Crippen LogP contribution in [0.2, 0.25) is 0 Å². The topological polar surface area (TPSA) is 72.9 Å². The molecule has 0 fully saturated rings. The van der Waals surface area contributed by atoms with Crippen molar-refractivity contribution < 1.29 is 23.9 Å². The SMILES string of the molecule is CCOC(=O)C1(C(=O)OCC)CC(C)=CN1C(C)=O. The van der Waals surface area contributed by atoms with Crippen LogP contribution < -0.4 is 0 Å². The Morgan fingerprint density at radius 1 is 1.21 bits per heavy atom. The fraction of sp³-hybridized carbons (Fsp3) is 0.615. The number of carbonyl (C=O) groups excluding carboxylic acids is 3. The molecule has 1 rings (SSSR count). The normalized spacial score (nSPS) is 16.8. The van der Waals surface area contributed by atoms with Crippen molar-refractivity contribution in [1.29, 1.82) is 0 Å². The van der Waals surface area contributed by atoms with Crippen LogP contribution in [0.1, 0.15) is 34.1 Å².